The Morgan fingerprint density at radius 1 is 1.58 bits per heavy atom. The summed E-state index contributed by atoms with van der Waals surface area (Å²) in [7, 11) is 0. The summed E-state index contributed by atoms with van der Waals surface area (Å²) < 4.78 is 4.56. The number of amides is 2. The van der Waals surface area contributed by atoms with E-state index in [1.807, 2.05) is 0 Å². The highest BCUT2D eigenvalue weighted by molar-refractivity contribution is 8.04. The van der Waals surface area contributed by atoms with Gasteiger partial charge in [-0.25, -0.2) is 9.59 Å². The zero-order valence-electron chi connectivity index (χ0n) is 9.90. The van der Waals surface area contributed by atoms with Crippen molar-refractivity contribution < 1.29 is 29.3 Å². The predicted molar refractivity (Wildman–Crippen MR) is 63.6 cm³/mol. The summed E-state index contributed by atoms with van der Waals surface area (Å²) in [6.07, 6.45) is -1.89. The third-order valence-corrected chi connectivity index (χ3v) is 4.26. The van der Waals surface area contributed by atoms with Gasteiger partial charge in [0.1, 0.15) is 17.7 Å². The van der Waals surface area contributed by atoms with Gasteiger partial charge in [0.15, 0.2) is 0 Å². The van der Waals surface area contributed by atoms with Crippen molar-refractivity contribution in [2.75, 3.05) is 6.61 Å². The lowest BCUT2D eigenvalue weighted by molar-refractivity contribution is -0.156. The Labute approximate surface area is 112 Å². The van der Waals surface area contributed by atoms with Crippen LogP contribution in [0.5, 0.6) is 0 Å². The topological polar surface area (TPSA) is 130 Å². The molecule has 0 saturated carbocycles. The molecule has 2 aliphatic rings. The molecule has 0 unspecified atom stereocenters. The van der Waals surface area contributed by atoms with Crippen LogP contribution in [-0.4, -0.2) is 51.2 Å². The van der Waals surface area contributed by atoms with Gasteiger partial charge in [-0.1, -0.05) is 11.8 Å². The van der Waals surface area contributed by atoms with Gasteiger partial charge < -0.3 is 20.7 Å². The summed E-state index contributed by atoms with van der Waals surface area (Å²) in [6.45, 7) is 1.17. The molecule has 104 valence electrons. The second-order valence-corrected chi connectivity index (χ2v) is 5.38. The highest BCUT2D eigenvalue weighted by Gasteiger charge is 2.57. The summed E-state index contributed by atoms with van der Waals surface area (Å²) in [5.41, 5.74) is 4.61. The lowest BCUT2D eigenvalue weighted by atomic mass is 9.92. The first-order valence-electron chi connectivity index (χ1n) is 5.41. The van der Waals surface area contributed by atoms with E-state index in [0.29, 0.717) is 0 Å². The molecule has 3 atom stereocenters. The van der Waals surface area contributed by atoms with E-state index in [1.165, 1.54) is 6.92 Å². The molecule has 9 heteroatoms. The lowest BCUT2D eigenvalue weighted by Gasteiger charge is -2.43. The maximum atomic E-state index is 11.8. The summed E-state index contributed by atoms with van der Waals surface area (Å²) in [5.74, 6) is -2.38. The highest BCUT2D eigenvalue weighted by atomic mass is 32.2. The summed E-state index contributed by atoms with van der Waals surface area (Å²) >= 11 is 1.09. The molecule has 2 heterocycles. The number of β-lactam (4-membered cyclic amide) rings is 1. The fourth-order valence-corrected chi connectivity index (χ4v) is 3.61. The fraction of sp³-hybridized carbons (Fsp3) is 0.500. The Balaban J connectivity index is 2.21. The number of thioether (sulfide) groups is 1. The van der Waals surface area contributed by atoms with Crippen molar-refractivity contribution in [1.29, 1.82) is 0 Å². The maximum absolute atomic E-state index is 11.8. The number of carbonyl (C=O) groups is 3. The molecule has 0 spiro atoms. The third kappa shape index (κ3) is 2.15. The van der Waals surface area contributed by atoms with Crippen LogP contribution < -0.4 is 5.73 Å². The average Bonchev–Trinajstić information content (AvgIpc) is 2.60. The summed E-state index contributed by atoms with van der Waals surface area (Å²) in [5, 5.41) is 18.1. The number of carboxylic acid groups (broad SMARTS) is 1. The Morgan fingerprint density at radius 2 is 2.21 bits per heavy atom. The molecule has 0 aromatic heterocycles. The van der Waals surface area contributed by atoms with Crippen molar-refractivity contribution in [3.05, 3.63) is 10.6 Å². The van der Waals surface area contributed by atoms with E-state index in [-0.39, 0.29) is 17.2 Å². The van der Waals surface area contributed by atoms with E-state index in [1.54, 1.807) is 0 Å². The van der Waals surface area contributed by atoms with Gasteiger partial charge in [0.2, 0.25) is 5.91 Å². The van der Waals surface area contributed by atoms with Crippen LogP contribution in [-0.2, 0) is 14.3 Å². The number of carbonyl (C=O) groups excluding carboxylic acids is 2. The number of rotatable bonds is 4. The number of aliphatic carboxylic acids is 1. The number of aliphatic hydroxyl groups excluding tert-OH is 1. The van der Waals surface area contributed by atoms with Crippen LogP contribution in [0.4, 0.5) is 4.79 Å². The van der Waals surface area contributed by atoms with Crippen LogP contribution in [0.25, 0.3) is 0 Å². The van der Waals surface area contributed by atoms with Crippen molar-refractivity contribution in [3.63, 3.8) is 0 Å². The normalized spacial score (nSPS) is 26.8. The second-order valence-electron chi connectivity index (χ2n) is 4.17. The van der Waals surface area contributed by atoms with Gasteiger partial charge in [-0.2, -0.15) is 0 Å². The molecule has 0 aliphatic carbocycles. The Hall–Kier alpha value is -1.74. The smallest absolute Gasteiger partial charge is 0.404 e. The van der Waals surface area contributed by atoms with Crippen molar-refractivity contribution in [2.45, 2.75) is 18.4 Å². The summed E-state index contributed by atoms with van der Waals surface area (Å²) in [4.78, 5) is 34.9. The summed E-state index contributed by atoms with van der Waals surface area (Å²) in [6, 6.07) is 0. The largest absolute Gasteiger partial charge is 0.477 e. The van der Waals surface area contributed by atoms with Crippen LogP contribution in [0, 0.1) is 5.92 Å². The fourth-order valence-electron chi connectivity index (χ4n) is 2.09. The Bertz CT molecular complexity index is 488. The van der Waals surface area contributed by atoms with E-state index in [4.69, 9.17) is 10.8 Å². The predicted octanol–water partition coefficient (Wildman–Crippen LogP) is -0.710. The number of primary amides is 1. The molecule has 0 aromatic carbocycles. The molecule has 0 aromatic rings. The van der Waals surface area contributed by atoms with Gasteiger partial charge in [-0.15, -0.1) is 0 Å². The third-order valence-electron chi connectivity index (χ3n) is 2.92. The van der Waals surface area contributed by atoms with Crippen molar-refractivity contribution in [3.8, 4) is 0 Å². The number of nitrogens with zero attached hydrogens (tertiary/aromatic N) is 1. The van der Waals surface area contributed by atoms with Gasteiger partial charge in [0.25, 0.3) is 0 Å². The maximum Gasteiger partial charge on any atom is 0.404 e. The Kier molecular flexibility index (Phi) is 3.42. The number of aliphatic hydroxyl groups is 1. The van der Waals surface area contributed by atoms with Crippen LogP contribution >= 0.6 is 11.8 Å². The van der Waals surface area contributed by atoms with E-state index < -0.39 is 35.4 Å². The first kappa shape index (κ1) is 13.7. The number of hydrogen-bond donors (Lipinski definition) is 3. The molecule has 8 nitrogen and oxygen atoms in total. The van der Waals surface area contributed by atoms with Crippen LogP contribution in [0.1, 0.15) is 6.92 Å². The minimum absolute atomic E-state index is 0.210. The molecular formula is C10H12N2O6S. The van der Waals surface area contributed by atoms with E-state index >= 15 is 0 Å². The van der Waals surface area contributed by atoms with Crippen LogP contribution in [0.3, 0.4) is 0 Å². The second kappa shape index (κ2) is 4.74. The number of nitrogens with two attached hydrogens (primary N) is 1. The quantitative estimate of drug-likeness (QED) is 0.582. The minimum Gasteiger partial charge on any atom is -0.477 e. The van der Waals surface area contributed by atoms with Crippen LogP contribution in [0.2, 0.25) is 0 Å². The lowest BCUT2D eigenvalue weighted by Crippen LogP contribution is -2.60. The first-order chi connectivity index (χ1) is 8.84. The van der Waals surface area contributed by atoms with Gasteiger partial charge in [-0.05, 0) is 6.92 Å². The molecule has 19 heavy (non-hydrogen) atoms. The van der Waals surface area contributed by atoms with E-state index in [0.717, 1.165) is 16.7 Å². The molecule has 4 N–H and O–H groups in total. The van der Waals surface area contributed by atoms with Crippen molar-refractivity contribution >= 4 is 29.7 Å². The first-order valence-corrected chi connectivity index (χ1v) is 6.29. The zero-order valence-corrected chi connectivity index (χ0v) is 10.7. The van der Waals surface area contributed by atoms with Crippen molar-refractivity contribution in [1.82, 2.24) is 4.90 Å². The minimum atomic E-state index is -1.28. The van der Waals surface area contributed by atoms with Crippen LogP contribution in [0.15, 0.2) is 10.6 Å². The Morgan fingerprint density at radius 3 is 2.68 bits per heavy atom. The number of hydrogen-bond acceptors (Lipinski definition) is 6. The number of fused-ring (bicyclic) bond motifs is 1. The molecule has 0 radical (unpaired) electrons. The zero-order chi connectivity index (χ0) is 14.3. The molecule has 2 rings (SSSR count). The molecule has 0 bridgehead atoms. The molecule has 2 aliphatic heterocycles. The van der Waals surface area contributed by atoms with E-state index in [9.17, 15) is 19.5 Å². The van der Waals surface area contributed by atoms with Gasteiger partial charge in [0, 0.05) is 0 Å². The molecule has 1 saturated heterocycles. The van der Waals surface area contributed by atoms with Gasteiger partial charge >= 0.3 is 12.1 Å². The van der Waals surface area contributed by atoms with Crippen molar-refractivity contribution in [2.24, 2.45) is 11.7 Å². The average molecular weight is 288 g/mol. The monoisotopic (exact) mass is 288 g/mol. The highest BCUT2D eigenvalue weighted by Crippen LogP contribution is 2.50. The molecule has 1 fully saturated rings. The van der Waals surface area contributed by atoms with E-state index in [2.05, 4.69) is 4.74 Å². The molecule has 2 amide bonds. The standard InChI is InChI=1S/C10H12N2O6S/c1-3(13)5-7(14)12-6(9(15)16)4(19-8(5)12)2-18-10(11)17/h3,5,8,13H,2H2,1H3,(H2,11,17)(H,15,16)/t3-,5-,8+/m0/s1. The van der Waals surface area contributed by atoms with Gasteiger partial charge in [0.05, 0.1) is 16.9 Å². The SMILES string of the molecule is C[C@H](O)[C@H]1C(=O)N2C(C(=O)O)=C(COC(N)=O)S[C@H]12. The molecular weight excluding hydrogens is 276 g/mol. The van der Waals surface area contributed by atoms with Gasteiger partial charge in [-0.3, -0.25) is 9.69 Å². The number of carboxylic acids is 1. The number of ether oxygens (including phenoxy) is 1.